The Balaban J connectivity index is 1.89. The molecule has 1 aromatic rings. The molecule has 2 atom stereocenters. The largest absolute Gasteiger partial charge is 0.326 e. The van der Waals surface area contributed by atoms with Gasteiger partial charge in [0.15, 0.2) is 0 Å². The van der Waals surface area contributed by atoms with Crippen LogP contribution in [0.4, 0.5) is 5.69 Å². The maximum Gasteiger partial charge on any atom is 0.227 e. The van der Waals surface area contributed by atoms with E-state index in [2.05, 4.69) is 22.3 Å². The Morgan fingerprint density at radius 2 is 2.00 bits per heavy atom. The normalized spacial score (nSPS) is 22.3. The average Bonchev–Trinajstić information content (AvgIpc) is 2.46. The van der Waals surface area contributed by atoms with Crippen LogP contribution in [-0.2, 0) is 21.4 Å². The first-order valence-corrected chi connectivity index (χ1v) is 9.30. The van der Waals surface area contributed by atoms with Crippen molar-refractivity contribution in [3.63, 3.8) is 0 Å². The zero-order chi connectivity index (χ0) is 16.2. The number of carbonyl (C=O) groups is 1. The molecule has 0 unspecified atom stereocenters. The predicted molar refractivity (Wildman–Crippen MR) is 86.9 cm³/mol. The number of carbonyl (C=O) groups excluding carboxylic acids is 1. The SMILES string of the molecule is C[C@H]1C[C@@H](C(=O)Nc2ccc(CNS(C)(=O)=O)cc2)CCN1. The van der Waals surface area contributed by atoms with Crippen molar-refractivity contribution in [1.82, 2.24) is 10.0 Å². The van der Waals surface area contributed by atoms with Gasteiger partial charge in [-0.2, -0.15) is 0 Å². The maximum atomic E-state index is 12.2. The summed E-state index contributed by atoms with van der Waals surface area (Å²) < 4.78 is 24.5. The van der Waals surface area contributed by atoms with Crippen molar-refractivity contribution in [3.05, 3.63) is 29.8 Å². The van der Waals surface area contributed by atoms with Crippen LogP contribution in [0.1, 0.15) is 25.3 Å². The second-order valence-electron chi connectivity index (χ2n) is 5.86. The Bertz CT molecular complexity index is 613. The Kier molecular flexibility index (Phi) is 5.55. The molecule has 0 aliphatic carbocycles. The topological polar surface area (TPSA) is 87.3 Å². The van der Waals surface area contributed by atoms with Crippen LogP contribution in [0, 0.1) is 5.92 Å². The summed E-state index contributed by atoms with van der Waals surface area (Å²) in [5, 5.41) is 6.25. The third-order valence-electron chi connectivity index (χ3n) is 3.75. The number of piperidine rings is 1. The monoisotopic (exact) mass is 325 g/mol. The highest BCUT2D eigenvalue weighted by Crippen LogP contribution is 2.19. The highest BCUT2D eigenvalue weighted by atomic mass is 32.2. The van der Waals surface area contributed by atoms with E-state index in [9.17, 15) is 13.2 Å². The van der Waals surface area contributed by atoms with E-state index in [0.717, 1.165) is 36.9 Å². The van der Waals surface area contributed by atoms with E-state index in [-0.39, 0.29) is 18.4 Å². The summed E-state index contributed by atoms with van der Waals surface area (Å²) in [5.74, 6) is 0.0955. The summed E-state index contributed by atoms with van der Waals surface area (Å²) in [5.41, 5.74) is 1.58. The van der Waals surface area contributed by atoms with Crippen LogP contribution in [0.15, 0.2) is 24.3 Å². The fraction of sp³-hybridized carbons (Fsp3) is 0.533. The van der Waals surface area contributed by atoms with Gasteiger partial charge < -0.3 is 10.6 Å². The van der Waals surface area contributed by atoms with Crippen molar-refractivity contribution in [1.29, 1.82) is 0 Å². The summed E-state index contributed by atoms with van der Waals surface area (Å²) in [6, 6.07) is 7.56. The molecule has 0 aromatic heterocycles. The molecule has 1 amide bonds. The van der Waals surface area contributed by atoms with Crippen LogP contribution in [0.3, 0.4) is 0 Å². The zero-order valence-corrected chi connectivity index (χ0v) is 13.7. The van der Waals surface area contributed by atoms with Crippen molar-refractivity contribution in [2.24, 2.45) is 5.92 Å². The van der Waals surface area contributed by atoms with E-state index in [0.29, 0.717) is 6.04 Å². The molecule has 22 heavy (non-hydrogen) atoms. The third-order valence-corrected chi connectivity index (χ3v) is 4.42. The number of hydrogen-bond donors (Lipinski definition) is 3. The lowest BCUT2D eigenvalue weighted by Crippen LogP contribution is -2.40. The van der Waals surface area contributed by atoms with Gasteiger partial charge in [-0.25, -0.2) is 13.1 Å². The fourth-order valence-electron chi connectivity index (χ4n) is 2.53. The number of nitrogens with one attached hydrogen (secondary N) is 3. The van der Waals surface area contributed by atoms with Gasteiger partial charge in [0.2, 0.25) is 15.9 Å². The Morgan fingerprint density at radius 1 is 1.32 bits per heavy atom. The number of hydrogen-bond acceptors (Lipinski definition) is 4. The quantitative estimate of drug-likeness (QED) is 0.755. The van der Waals surface area contributed by atoms with Crippen LogP contribution < -0.4 is 15.4 Å². The van der Waals surface area contributed by atoms with Crippen LogP contribution in [0.5, 0.6) is 0 Å². The molecule has 0 spiro atoms. The van der Waals surface area contributed by atoms with E-state index in [1.54, 1.807) is 24.3 Å². The van der Waals surface area contributed by atoms with E-state index < -0.39 is 10.0 Å². The molecular weight excluding hydrogens is 302 g/mol. The minimum atomic E-state index is -3.20. The van der Waals surface area contributed by atoms with E-state index in [1.807, 2.05) is 0 Å². The Morgan fingerprint density at radius 3 is 2.59 bits per heavy atom. The molecule has 122 valence electrons. The molecule has 6 nitrogen and oxygen atoms in total. The van der Waals surface area contributed by atoms with Crippen molar-refractivity contribution in [2.45, 2.75) is 32.4 Å². The molecule has 1 saturated heterocycles. The van der Waals surface area contributed by atoms with Gasteiger partial charge in [0.05, 0.1) is 6.26 Å². The molecular formula is C15H23N3O3S. The smallest absolute Gasteiger partial charge is 0.227 e. The molecule has 1 fully saturated rings. The molecule has 7 heteroatoms. The number of sulfonamides is 1. The molecule has 0 radical (unpaired) electrons. The minimum absolute atomic E-state index is 0.0443. The highest BCUT2D eigenvalue weighted by molar-refractivity contribution is 7.88. The van der Waals surface area contributed by atoms with Crippen molar-refractivity contribution >= 4 is 21.6 Å². The van der Waals surface area contributed by atoms with Crippen LogP contribution in [0.2, 0.25) is 0 Å². The third kappa shape index (κ3) is 5.40. The minimum Gasteiger partial charge on any atom is -0.326 e. The first kappa shape index (κ1) is 16.9. The fourth-order valence-corrected chi connectivity index (χ4v) is 2.96. The molecule has 1 aliphatic rings. The van der Waals surface area contributed by atoms with Crippen molar-refractivity contribution in [3.8, 4) is 0 Å². The molecule has 1 aliphatic heterocycles. The summed E-state index contributed by atoms with van der Waals surface area (Å²) >= 11 is 0. The van der Waals surface area contributed by atoms with Gasteiger partial charge in [-0.15, -0.1) is 0 Å². The molecule has 0 saturated carbocycles. The lowest BCUT2D eigenvalue weighted by Gasteiger charge is -2.27. The van der Waals surface area contributed by atoms with E-state index in [1.165, 1.54) is 0 Å². The lowest BCUT2D eigenvalue weighted by atomic mass is 9.92. The van der Waals surface area contributed by atoms with Gasteiger partial charge >= 0.3 is 0 Å². The molecule has 3 N–H and O–H groups in total. The van der Waals surface area contributed by atoms with Crippen LogP contribution in [-0.4, -0.2) is 33.2 Å². The van der Waals surface area contributed by atoms with E-state index >= 15 is 0 Å². The van der Waals surface area contributed by atoms with Crippen molar-refractivity contribution in [2.75, 3.05) is 18.1 Å². The molecule has 1 heterocycles. The van der Waals surface area contributed by atoms with Gasteiger partial charge in [0.25, 0.3) is 0 Å². The predicted octanol–water partition coefficient (Wildman–Crippen LogP) is 1.06. The van der Waals surface area contributed by atoms with Gasteiger partial charge in [-0.3, -0.25) is 4.79 Å². The summed E-state index contributed by atoms with van der Waals surface area (Å²) in [6.07, 6.45) is 2.83. The van der Waals surface area contributed by atoms with Gasteiger partial charge in [0, 0.05) is 24.2 Å². The standard InChI is InChI=1S/C15H23N3O3S/c1-11-9-13(7-8-16-11)15(19)18-14-5-3-12(4-6-14)10-17-22(2,20)21/h3-6,11,13,16-17H,7-10H2,1-2H3,(H,18,19)/t11-,13-/m0/s1. The number of benzene rings is 1. The molecule has 0 bridgehead atoms. The Hall–Kier alpha value is -1.44. The molecule has 2 rings (SSSR count). The molecule has 1 aromatic carbocycles. The zero-order valence-electron chi connectivity index (χ0n) is 12.9. The highest BCUT2D eigenvalue weighted by Gasteiger charge is 2.24. The number of anilines is 1. The van der Waals surface area contributed by atoms with Gasteiger partial charge in [0.1, 0.15) is 0 Å². The summed E-state index contributed by atoms with van der Waals surface area (Å²) in [6.45, 7) is 3.21. The van der Waals surface area contributed by atoms with Crippen LogP contribution >= 0.6 is 0 Å². The lowest BCUT2D eigenvalue weighted by molar-refractivity contribution is -0.120. The second kappa shape index (κ2) is 7.21. The Labute approximate surface area is 131 Å². The number of amides is 1. The maximum absolute atomic E-state index is 12.2. The van der Waals surface area contributed by atoms with Crippen molar-refractivity contribution < 1.29 is 13.2 Å². The second-order valence-corrected chi connectivity index (χ2v) is 7.69. The first-order valence-electron chi connectivity index (χ1n) is 7.41. The number of rotatable bonds is 5. The average molecular weight is 325 g/mol. The summed E-state index contributed by atoms with van der Waals surface area (Å²) in [4.78, 5) is 12.2. The van der Waals surface area contributed by atoms with Crippen LogP contribution in [0.25, 0.3) is 0 Å². The van der Waals surface area contributed by atoms with Gasteiger partial charge in [-0.1, -0.05) is 12.1 Å². The summed E-state index contributed by atoms with van der Waals surface area (Å²) in [7, 11) is -3.20. The van der Waals surface area contributed by atoms with Gasteiger partial charge in [-0.05, 0) is 44.0 Å². The first-order chi connectivity index (χ1) is 10.3. The van der Waals surface area contributed by atoms with E-state index in [4.69, 9.17) is 0 Å².